The Morgan fingerprint density at radius 2 is 2.18 bits per heavy atom. The summed E-state index contributed by atoms with van der Waals surface area (Å²) in [4.78, 5) is 15.5. The highest BCUT2D eigenvalue weighted by atomic mass is 16.1. The molecule has 0 bridgehead atoms. The lowest BCUT2D eigenvalue weighted by Gasteiger charge is -2.24. The fraction of sp³-hybridized carbons (Fsp3) is 0.692. The Morgan fingerprint density at radius 1 is 1.47 bits per heavy atom. The van der Waals surface area contributed by atoms with Gasteiger partial charge in [-0.05, 0) is 24.9 Å². The van der Waals surface area contributed by atoms with Gasteiger partial charge in [0.05, 0.1) is 0 Å². The quantitative estimate of drug-likeness (QED) is 0.817. The van der Waals surface area contributed by atoms with E-state index in [0.717, 1.165) is 18.5 Å². The molecule has 4 heteroatoms. The summed E-state index contributed by atoms with van der Waals surface area (Å²) in [5.41, 5.74) is 0.853. The Kier molecular flexibility index (Phi) is 5.35. The van der Waals surface area contributed by atoms with Gasteiger partial charge in [0.1, 0.15) is 0 Å². The second-order valence-electron chi connectivity index (χ2n) is 4.62. The number of hydrogen-bond acceptors (Lipinski definition) is 3. The molecule has 2 atom stereocenters. The van der Waals surface area contributed by atoms with Gasteiger partial charge >= 0.3 is 5.69 Å². The molecule has 1 N–H and O–H groups in total. The van der Waals surface area contributed by atoms with Crippen molar-refractivity contribution in [2.75, 3.05) is 6.54 Å². The monoisotopic (exact) mass is 237 g/mol. The minimum absolute atomic E-state index is 0.165. The number of hydrogen-bond donors (Lipinski definition) is 1. The average molecular weight is 237 g/mol. The molecule has 0 spiro atoms. The van der Waals surface area contributed by atoms with Gasteiger partial charge in [0.25, 0.3) is 0 Å². The first-order valence-electron chi connectivity index (χ1n) is 6.34. The van der Waals surface area contributed by atoms with Crippen LogP contribution in [-0.2, 0) is 6.54 Å². The third-order valence-corrected chi connectivity index (χ3v) is 3.17. The first-order chi connectivity index (χ1) is 8.08. The molecule has 0 aliphatic rings. The molecule has 0 aromatic carbocycles. The topological polar surface area (TPSA) is 46.9 Å². The SMILES string of the molecule is CCNC(Cn1cc(C)cnc1=O)C(C)CC. The molecule has 1 aromatic heterocycles. The van der Waals surface area contributed by atoms with Gasteiger partial charge in [-0.15, -0.1) is 0 Å². The summed E-state index contributed by atoms with van der Waals surface area (Å²) in [6, 6.07) is 0.325. The molecule has 0 amide bonds. The molecule has 0 saturated carbocycles. The molecule has 17 heavy (non-hydrogen) atoms. The van der Waals surface area contributed by atoms with Gasteiger partial charge in [0, 0.05) is 25.0 Å². The highest BCUT2D eigenvalue weighted by Gasteiger charge is 2.15. The Bertz CT molecular complexity index is 400. The Hall–Kier alpha value is -1.16. The molecule has 1 rings (SSSR count). The van der Waals surface area contributed by atoms with Gasteiger partial charge in [-0.3, -0.25) is 4.57 Å². The molecule has 0 aliphatic heterocycles. The zero-order valence-corrected chi connectivity index (χ0v) is 11.2. The van der Waals surface area contributed by atoms with E-state index in [1.807, 2.05) is 13.1 Å². The van der Waals surface area contributed by atoms with E-state index < -0.39 is 0 Å². The van der Waals surface area contributed by atoms with Gasteiger partial charge < -0.3 is 5.32 Å². The molecule has 2 unspecified atom stereocenters. The number of aryl methyl sites for hydroxylation is 1. The molecular formula is C13H23N3O. The standard InChI is InChI=1S/C13H23N3O/c1-5-11(4)12(14-6-2)9-16-8-10(3)7-15-13(16)17/h7-8,11-12,14H,5-6,9H2,1-4H3. The minimum Gasteiger partial charge on any atom is -0.312 e. The summed E-state index contributed by atoms with van der Waals surface area (Å²) in [7, 11) is 0. The van der Waals surface area contributed by atoms with Crippen LogP contribution in [0.15, 0.2) is 17.2 Å². The van der Waals surface area contributed by atoms with Crippen LogP contribution >= 0.6 is 0 Å². The van der Waals surface area contributed by atoms with Gasteiger partial charge in [-0.2, -0.15) is 0 Å². The number of aromatic nitrogens is 2. The van der Waals surface area contributed by atoms with Crippen LogP contribution in [0, 0.1) is 12.8 Å². The van der Waals surface area contributed by atoms with E-state index in [2.05, 4.69) is 31.1 Å². The van der Waals surface area contributed by atoms with Crippen LogP contribution < -0.4 is 11.0 Å². The lowest BCUT2D eigenvalue weighted by Crippen LogP contribution is -2.41. The second-order valence-corrected chi connectivity index (χ2v) is 4.62. The van der Waals surface area contributed by atoms with Crippen molar-refractivity contribution in [3.05, 3.63) is 28.4 Å². The fourth-order valence-corrected chi connectivity index (χ4v) is 1.90. The zero-order valence-electron chi connectivity index (χ0n) is 11.2. The van der Waals surface area contributed by atoms with E-state index in [4.69, 9.17) is 0 Å². The maximum absolute atomic E-state index is 11.6. The maximum Gasteiger partial charge on any atom is 0.347 e. The van der Waals surface area contributed by atoms with Crippen molar-refractivity contribution in [1.29, 1.82) is 0 Å². The summed E-state index contributed by atoms with van der Waals surface area (Å²) < 4.78 is 1.70. The van der Waals surface area contributed by atoms with E-state index in [9.17, 15) is 4.79 Å². The van der Waals surface area contributed by atoms with E-state index in [1.54, 1.807) is 10.8 Å². The molecule has 96 valence electrons. The van der Waals surface area contributed by atoms with Crippen molar-refractivity contribution in [3.63, 3.8) is 0 Å². The average Bonchev–Trinajstić information content (AvgIpc) is 2.32. The van der Waals surface area contributed by atoms with Crippen LogP contribution in [0.4, 0.5) is 0 Å². The highest BCUT2D eigenvalue weighted by molar-refractivity contribution is 5.00. The second kappa shape index (κ2) is 6.55. The van der Waals surface area contributed by atoms with Gasteiger partial charge in [-0.25, -0.2) is 9.78 Å². The Balaban J connectivity index is 2.85. The molecule has 1 aromatic rings. The first kappa shape index (κ1) is 13.9. The van der Waals surface area contributed by atoms with Crippen LogP contribution in [0.2, 0.25) is 0 Å². The van der Waals surface area contributed by atoms with Gasteiger partial charge in [-0.1, -0.05) is 27.2 Å². The van der Waals surface area contributed by atoms with Gasteiger partial charge in [0.15, 0.2) is 0 Å². The van der Waals surface area contributed by atoms with Crippen molar-refractivity contribution in [2.45, 2.75) is 46.7 Å². The zero-order chi connectivity index (χ0) is 12.8. The molecule has 0 radical (unpaired) electrons. The lowest BCUT2D eigenvalue weighted by molar-refractivity contribution is 0.329. The summed E-state index contributed by atoms with van der Waals surface area (Å²) in [6.07, 6.45) is 4.60. The van der Waals surface area contributed by atoms with Crippen molar-refractivity contribution in [1.82, 2.24) is 14.9 Å². The van der Waals surface area contributed by atoms with Crippen LogP contribution in [0.3, 0.4) is 0 Å². The van der Waals surface area contributed by atoms with Crippen LogP contribution in [0.1, 0.15) is 32.8 Å². The number of nitrogens with one attached hydrogen (secondary N) is 1. The Labute approximate surface area is 103 Å². The Morgan fingerprint density at radius 3 is 2.76 bits per heavy atom. The molecule has 4 nitrogen and oxygen atoms in total. The number of nitrogens with zero attached hydrogens (tertiary/aromatic N) is 2. The summed E-state index contributed by atoms with van der Waals surface area (Å²) >= 11 is 0. The predicted molar refractivity (Wildman–Crippen MR) is 70.2 cm³/mol. The van der Waals surface area contributed by atoms with Crippen molar-refractivity contribution >= 4 is 0 Å². The van der Waals surface area contributed by atoms with Crippen LogP contribution in [0.5, 0.6) is 0 Å². The van der Waals surface area contributed by atoms with E-state index in [0.29, 0.717) is 18.5 Å². The van der Waals surface area contributed by atoms with Crippen molar-refractivity contribution in [2.24, 2.45) is 5.92 Å². The molecule has 0 fully saturated rings. The molecule has 0 saturated heterocycles. The summed E-state index contributed by atoms with van der Waals surface area (Å²) in [6.45, 7) is 10.0. The smallest absolute Gasteiger partial charge is 0.312 e. The third-order valence-electron chi connectivity index (χ3n) is 3.17. The third kappa shape index (κ3) is 3.97. The van der Waals surface area contributed by atoms with E-state index >= 15 is 0 Å². The van der Waals surface area contributed by atoms with Crippen molar-refractivity contribution < 1.29 is 0 Å². The fourth-order valence-electron chi connectivity index (χ4n) is 1.90. The first-order valence-corrected chi connectivity index (χ1v) is 6.34. The van der Waals surface area contributed by atoms with E-state index in [1.165, 1.54) is 0 Å². The molecule has 1 heterocycles. The summed E-state index contributed by atoms with van der Waals surface area (Å²) in [5, 5.41) is 3.44. The largest absolute Gasteiger partial charge is 0.347 e. The lowest BCUT2D eigenvalue weighted by atomic mass is 9.99. The maximum atomic E-state index is 11.6. The van der Waals surface area contributed by atoms with Gasteiger partial charge in [0.2, 0.25) is 0 Å². The van der Waals surface area contributed by atoms with Crippen LogP contribution in [0.25, 0.3) is 0 Å². The van der Waals surface area contributed by atoms with E-state index in [-0.39, 0.29) is 5.69 Å². The highest BCUT2D eigenvalue weighted by Crippen LogP contribution is 2.09. The van der Waals surface area contributed by atoms with Crippen LogP contribution in [-0.4, -0.2) is 22.1 Å². The molecule has 0 aliphatic carbocycles. The number of likely N-dealkylation sites (N-methyl/N-ethyl adjacent to an activating group) is 1. The summed E-state index contributed by atoms with van der Waals surface area (Å²) in [5.74, 6) is 0.544. The van der Waals surface area contributed by atoms with Crippen molar-refractivity contribution in [3.8, 4) is 0 Å². The normalized spacial score (nSPS) is 14.6. The minimum atomic E-state index is -0.165. The predicted octanol–water partition coefficient (Wildman–Crippen LogP) is 1.58. The molecular weight excluding hydrogens is 214 g/mol. The number of rotatable bonds is 6.